The van der Waals surface area contributed by atoms with Crippen LogP contribution >= 0.6 is 11.8 Å². The minimum absolute atomic E-state index is 0.0637. The summed E-state index contributed by atoms with van der Waals surface area (Å²) in [5.41, 5.74) is 5.58. The maximum absolute atomic E-state index is 15.0. The number of Topliss-reactive ketones (excluding diaryl/α,β-unsaturated/α-hetero) is 1. The maximum atomic E-state index is 15.0. The number of aromatic nitrogens is 2. The van der Waals surface area contributed by atoms with Crippen molar-refractivity contribution in [1.29, 1.82) is 0 Å². The highest BCUT2D eigenvalue weighted by molar-refractivity contribution is 8.15. The van der Waals surface area contributed by atoms with E-state index in [9.17, 15) is 9.18 Å². The fourth-order valence-electron chi connectivity index (χ4n) is 4.74. The molecule has 5 rings (SSSR count). The maximum Gasteiger partial charge on any atom is 0.232 e. The van der Waals surface area contributed by atoms with Crippen LogP contribution in [0.1, 0.15) is 47.8 Å². The predicted octanol–water partition coefficient (Wildman–Crippen LogP) is 3.65. The Hall–Kier alpha value is -2.59. The van der Waals surface area contributed by atoms with Crippen molar-refractivity contribution in [2.24, 2.45) is 22.6 Å². The van der Waals surface area contributed by atoms with Crippen molar-refractivity contribution in [2.45, 2.75) is 42.9 Å². The first-order valence-electron chi connectivity index (χ1n) is 11.2. The summed E-state index contributed by atoms with van der Waals surface area (Å²) in [6.45, 7) is 2.79. The number of rotatable bonds is 9. The van der Waals surface area contributed by atoms with Gasteiger partial charge in [0.2, 0.25) is 5.88 Å². The van der Waals surface area contributed by atoms with E-state index in [1.165, 1.54) is 30.2 Å². The number of hydrogen-bond acceptors (Lipinski definition) is 8. The molecule has 10 heteroatoms. The number of amidine groups is 1. The monoisotopic (exact) mass is 488 g/mol. The van der Waals surface area contributed by atoms with Gasteiger partial charge >= 0.3 is 0 Å². The summed E-state index contributed by atoms with van der Waals surface area (Å²) in [5.74, 6) is -1.48. The Labute approximate surface area is 200 Å². The minimum Gasteiger partial charge on any atom is -0.476 e. The predicted molar refractivity (Wildman–Crippen MR) is 124 cm³/mol. The summed E-state index contributed by atoms with van der Waals surface area (Å²) in [6.07, 6.45) is 5.64. The Morgan fingerprint density at radius 2 is 2.06 bits per heavy atom. The molecular formula is C24H26F2N4O3S. The SMILES string of the molecule is COC[C@]12C[C@H]1[C@@](C)(c1cc(CC(=O)c3cnc(OCC4CC4)cn3)cc(F)c1F)N=C(N)S2. The van der Waals surface area contributed by atoms with Crippen LogP contribution in [0, 0.1) is 23.5 Å². The molecule has 3 aliphatic rings. The fourth-order valence-corrected chi connectivity index (χ4v) is 6.19. The number of nitrogens with zero attached hydrogens (tertiary/aromatic N) is 3. The van der Waals surface area contributed by atoms with Crippen LogP contribution in [0.25, 0.3) is 0 Å². The van der Waals surface area contributed by atoms with E-state index in [0.29, 0.717) is 35.7 Å². The standard InChI is InChI=1S/C24H26F2N4O3S/c1-23(19-8-24(19,12-32-2)34-22(27)30-23)15-5-14(6-16(25)21(15)26)7-18(31)17-9-29-20(10-28-17)33-11-13-3-4-13/h5-6,9-10,13,19H,3-4,7-8,11-12H2,1-2H3,(H2,27,30)/t19-,23+,24+/m0/s1. The summed E-state index contributed by atoms with van der Waals surface area (Å²) < 4.78 is 40.3. The molecular weight excluding hydrogens is 462 g/mol. The molecule has 7 nitrogen and oxygen atoms in total. The molecule has 2 saturated carbocycles. The number of nitrogens with two attached hydrogens (primary N) is 1. The molecule has 2 N–H and O–H groups in total. The van der Waals surface area contributed by atoms with Gasteiger partial charge in [-0.2, -0.15) is 0 Å². The van der Waals surface area contributed by atoms with Gasteiger partial charge in [0, 0.05) is 25.0 Å². The highest BCUT2D eigenvalue weighted by Crippen LogP contribution is 2.66. The summed E-state index contributed by atoms with van der Waals surface area (Å²) in [5, 5.41) is 0.314. The summed E-state index contributed by atoms with van der Waals surface area (Å²) in [4.78, 5) is 25.6. The van der Waals surface area contributed by atoms with Crippen LogP contribution in [-0.4, -0.2) is 46.0 Å². The first-order valence-corrected chi connectivity index (χ1v) is 12.1. The van der Waals surface area contributed by atoms with E-state index in [1.54, 1.807) is 14.0 Å². The lowest BCUT2D eigenvalue weighted by molar-refractivity contribution is 0.0987. The van der Waals surface area contributed by atoms with E-state index < -0.39 is 17.2 Å². The van der Waals surface area contributed by atoms with Crippen LogP contribution < -0.4 is 10.5 Å². The van der Waals surface area contributed by atoms with E-state index >= 15 is 4.39 Å². The van der Waals surface area contributed by atoms with Gasteiger partial charge in [-0.3, -0.25) is 9.79 Å². The van der Waals surface area contributed by atoms with Crippen LogP contribution in [0.2, 0.25) is 0 Å². The lowest BCUT2D eigenvalue weighted by atomic mass is 9.84. The third kappa shape index (κ3) is 4.29. The number of fused-ring (bicyclic) bond motifs is 1. The number of ether oxygens (including phenoxy) is 2. The Balaban J connectivity index is 1.37. The van der Waals surface area contributed by atoms with Crippen LogP contribution in [0.4, 0.5) is 8.78 Å². The summed E-state index contributed by atoms with van der Waals surface area (Å²) in [6, 6.07) is 2.56. The number of aliphatic imine (C=N–C) groups is 1. The molecule has 1 aromatic heterocycles. The molecule has 0 spiro atoms. The average Bonchev–Trinajstić information content (AvgIpc) is 3.71. The summed E-state index contributed by atoms with van der Waals surface area (Å²) >= 11 is 1.42. The molecule has 1 aliphatic heterocycles. The first kappa shape index (κ1) is 23.2. The Kier molecular flexibility index (Phi) is 5.84. The number of thioether (sulfide) groups is 1. The Bertz CT molecular complexity index is 1160. The third-order valence-corrected chi connectivity index (χ3v) is 8.09. The van der Waals surface area contributed by atoms with Gasteiger partial charge in [0.1, 0.15) is 5.69 Å². The van der Waals surface area contributed by atoms with Crippen molar-refractivity contribution in [2.75, 3.05) is 20.3 Å². The molecule has 1 aromatic carbocycles. The van der Waals surface area contributed by atoms with Gasteiger partial charge in [0.15, 0.2) is 22.6 Å². The van der Waals surface area contributed by atoms with E-state index in [-0.39, 0.29) is 34.1 Å². The van der Waals surface area contributed by atoms with Gasteiger partial charge in [0.05, 0.1) is 35.9 Å². The molecule has 0 amide bonds. The van der Waals surface area contributed by atoms with Crippen molar-refractivity contribution in [3.8, 4) is 5.88 Å². The van der Waals surface area contributed by atoms with E-state index in [4.69, 9.17) is 15.2 Å². The molecule has 180 valence electrons. The third-order valence-electron chi connectivity index (χ3n) is 6.82. The molecule has 0 saturated heterocycles. The average molecular weight is 489 g/mol. The van der Waals surface area contributed by atoms with Crippen LogP contribution in [-0.2, 0) is 16.7 Å². The number of halogens is 2. The van der Waals surface area contributed by atoms with Gasteiger partial charge in [-0.15, -0.1) is 0 Å². The van der Waals surface area contributed by atoms with Gasteiger partial charge in [0.25, 0.3) is 0 Å². The topological polar surface area (TPSA) is 99.7 Å². The van der Waals surface area contributed by atoms with Crippen molar-refractivity contribution in [1.82, 2.24) is 9.97 Å². The molecule has 2 fully saturated rings. The van der Waals surface area contributed by atoms with Gasteiger partial charge in [-0.1, -0.05) is 11.8 Å². The van der Waals surface area contributed by atoms with Crippen molar-refractivity contribution in [3.63, 3.8) is 0 Å². The molecule has 2 aliphatic carbocycles. The number of carbonyl (C=O) groups is 1. The second kappa shape index (κ2) is 8.57. The highest BCUT2D eigenvalue weighted by atomic mass is 32.2. The zero-order valence-electron chi connectivity index (χ0n) is 19.0. The molecule has 0 unspecified atom stereocenters. The molecule has 2 aromatic rings. The number of carbonyl (C=O) groups excluding carboxylic acids is 1. The smallest absolute Gasteiger partial charge is 0.232 e. The number of hydrogen-bond donors (Lipinski definition) is 1. The molecule has 0 radical (unpaired) electrons. The first-order chi connectivity index (χ1) is 16.2. The zero-order valence-corrected chi connectivity index (χ0v) is 19.8. The van der Waals surface area contributed by atoms with Crippen LogP contribution in [0.5, 0.6) is 5.88 Å². The summed E-state index contributed by atoms with van der Waals surface area (Å²) in [7, 11) is 1.60. The van der Waals surface area contributed by atoms with Gasteiger partial charge < -0.3 is 15.2 Å². The van der Waals surface area contributed by atoms with Crippen LogP contribution in [0.15, 0.2) is 29.5 Å². The van der Waals surface area contributed by atoms with Gasteiger partial charge in [-0.05, 0) is 49.8 Å². The number of methoxy groups -OCH3 is 1. The molecule has 3 atom stereocenters. The zero-order chi connectivity index (χ0) is 24.1. The van der Waals surface area contributed by atoms with Crippen molar-refractivity contribution < 1.29 is 23.0 Å². The van der Waals surface area contributed by atoms with E-state index in [1.807, 2.05) is 0 Å². The second-order valence-corrected chi connectivity index (χ2v) is 10.9. The van der Waals surface area contributed by atoms with E-state index in [0.717, 1.165) is 25.3 Å². The largest absolute Gasteiger partial charge is 0.476 e. The Morgan fingerprint density at radius 1 is 1.26 bits per heavy atom. The number of benzene rings is 1. The van der Waals surface area contributed by atoms with Crippen LogP contribution in [0.3, 0.4) is 0 Å². The van der Waals surface area contributed by atoms with Crippen molar-refractivity contribution >= 4 is 22.7 Å². The van der Waals surface area contributed by atoms with E-state index in [2.05, 4.69) is 15.0 Å². The second-order valence-electron chi connectivity index (χ2n) is 9.49. The molecule has 2 heterocycles. The quantitative estimate of drug-likeness (QED) is 0.538. The van der Waals surface area contributed by atoms with Gasteiger partial charge in [-0.25, -0.2) is 18.7 Å². The Morgan fingerprint density at radius 3 is 2.74 bits per heavy atom. The lowest BCUT2D eigenvalue weighted by Gasteiger charge is -2.34. The fraction of sp³-hybridized carbons (Fsp3) is 0.500. The molecule has 34 heavy (non-hydrogen) atoms. The lowest BCUT2D eigenvalue weighted by Crippen LogP contribution is -2.38. The molecule has 0 bridgehead atoms. The normalized spacial score (nSPS) is 27.6. The number of ketones is 1. The van der Waals surface area contributed by atoms with Crippen molar-refractivity contribution in [3.05, 3.63) is 53.0 Å². The minimum atomic E-state index is -1.06. The highest BCUT2D eigenvalue weighted by Gasteiger charge is 2.66.